The van der Waals surface area contributed by atoms with Crippen molar-refractivity contribution in [1.82, 2.24) is 0 Å². The Kier molecular flexibility index (Phi) is 6.60. The lowest BCUT2D eigenvalue weighted by atomic mass is 10.0. The van der Waals surface area contributed by atoms with Crippen molar-refractivity contribution < 1.29 is 13.9 Å². The summed E-state index contributed by atoms with van der Waals surface area (Å²) in [5, 5.41) is 2.92. The van der Waals surface area contributed by atoms with Crippen LogP contribution in [0.2, 0.25) is 0 Å². The van der Waals surface area contributed by atoms with E-state index < -0.39 is 23.9 Å². The molecule has 0 bridgehead atoms. The molecule has 0 spiro atoms. The summed E-state index contributed by atoms with van der Waals surface area (Å²) in [6, 6.07) is 13.0. The minimum Gasteiger partial charge on any atom is -0.443 e. The normalized spacial score (nSPS) is 13.0. The fourth-order valence-corrected chi connectivity index (χ4v) is 2.62. The van der Waals surface area contributed by atoms with Gasteiger partial charge in [0.1, 0.15) is 11.9 Å². The van der Waals surface area contributed by atoms with E-state index in [2.05, 4.69) is 27.2 Å². The molecule has 2 rings (SSSR count). The molecule has 2 aromatic carbocycles. The van der Waals surface area contributed by atoms with Crippen molar-refractivity contribution in [3.05, 3.63) is 64.4 Å². The molecule has 3 nitrogen and oxygen atoms in total. The monoisotopic (exact) mass is 403 g/mol. The van der Waals surface area contributed by atoms with E-state index in [1.54, 1.807) is 24.3 Å². The molecule has 0 radical (unpaired) electrons. The first-order chi connectivity index (χ1) is 11.9. The van der Waals surface area contributed by atoms with E-state index in [1.807, 2.05) is 32.0 Å². The van der Waals surface area contributed by atoms with E-state index in [9.17, 15) is 9.18 Å². The van der Waals surface area contributed by atoms with Gasteiger partial charge in [0.15, 0.2) is 6.10 Å². The molecular formula is C20H19BrFNO2. The topological polar surface area (TPSA) is 38.3 Å². The van der Waals surface area contributed by atoms with Gasteiger partial charge in [-0.3, -0.25) is 0 Å². The molecule has 0 aliphatic rings. The molecule has 0 heterocycles. The zero-order valence-electron chi connectivity index (χ0n) is 14.0. The summed E-state index contributed by atoms with van der Waals surface area (Å²) < 4.78 is 20.2. The van der Waals surface area contributed by atoms with Crippen molar-refractivity contribution in [1.29, 1.82) is 0 Å². The molecule has 0 aliphatic carbocycles. The Morgan fingerprint density at radius 2 is 1.92 bits per heavy atom. The van der Waals surface area contributed by atoms with Crippen LogP contribution >= 0.6 is 15.9 Å². The minimum atomic E-state index is -0.786. The number of rotatable bonds is 6. The van der Waals surface area contributed by atoms with Crippen LogP contribution in [-0.4, -0.2) is 12.0 Å². The first-order valence-corrected chi connectivity index (χ1v) is 8.65. The van der Waals surface area contributed by atoms with Gasteiger partial charge in [-0.05, 0) is 24.1 Å². The van der Waals surface area contributed by atoms with Crippen LogP contribution in [0.5, 0.6) is 0 Å². The van der Waals surface area contributed by atoms with E-state index in [1.165, 1.54) is 6.07 Å². The predicted molar refractivity (Wildman–Crippen MR) is 100 cm³/mol. The molecule has 130 valence electrons. The maximum absolute atomic E-state index is 14.1. The fraction of sp³-hybridized carbons (Fsp3) is 0.250. The second-order valence-corrected chi connectivity index (χ2v) is 6.80. The van der Waals surface area contributed by atoms with Gasteiger partial charge in [0.2, 0.25) is 0 Å². The highest BCUT2D eigenvalue weighted by molar-refractivity contribution is 9.10. The van der Waals surface area contributed by atoms with Gasteiger partial charge >= 0.3 is 5.97 Å². The van der Waals surface area contributed by atoms with E-state index >= 15 is 0 Å². The summed E-state index contributed by atoms with van der Waals surface area (Å²) >= 11 is 3.21. The average molecular weight is 404 g/mol. The number of carbonyl (C=O) groups is 1. The lowest BCUT2D eigenvalue weighted by molar-refractivity contribution is -0.148. The number of halogens is 2. The number of hydrogen-bond acceptors (Lipinski definition) is 3. The Labute approximate surface area is 155 Å². The van der Waals surface area contributed by atoms with Crippen molar-refractivity contribution in [2.45, 2.75) is 26.0 Å². The Bertz CT molecular complexity index is 771. The highest BCUT2D eigenvalue weighted by Gasteiger charge is 2.27. The van der Waals surface area contributed by atoms with Gasteiger partial charge in [-0.15, -0.1) is 6.42 Å². The Morgan fingerprint density at radius 1 is 1.24 bits per heavy atom. The summed E-state index contributed by atoms with van der Waals surface area (Å²) in [7, 11) is 0. The Hall–Kier alpha value is -2.32. The van der Waals surface area contributed by atoms with Crippen molar-refractivity contribution in [2.75, 3.05) is 5.32 Å². The van der Waals surface area contributed by atoms with Gasteiger partial charge in [-0.2, -0.15) is 0 Å². The number of anilines is 1. The van der Waals surface area contributed by atoms with Crippen molar-refractivity contribution in [2.24, 2.45) is 5.92 Å². The van der Waals surface area contributed by atoms with Crippen LogP contribution in [0.25, 0.3) is 0 Å². The summed E-state index contributed by atoms with van der Waals surface area (Å²) in [4.78, 5) is 12.6. The zero-order valence-corrected chi connectivity index (χ0v) is 15.6. The van der Waals surface area contributed by atoms with Crippen LogP contribution in [0.3, 0.4) is 0 Å². The van der Waals surface area contributed by atoms with Crippen molar-refractivity contribution >= 4 is 27.6 Å². The molecule has 0 amide bonds. The molecule has 25 heavy (non-hydrogen) atoms. The second-order valence-electron chi connectivity index (χ2n) is 5.88. The van der Waals surface area contributed by atoms with E-state index in [0.717, 1.165) is 5.56 Å². The standard InChI is InChI=1S/C20H19BrFNO2/c1-4-18(14-8-6-5-7-9-14)25-20(24)19(13(2)3)23-17-11-10-15(21)12-16(17)22/h1,5-13,18-19,23H,2-3H3. The molecule has 0 aliphatic heterocycles. The third-order valence-electron chi connectivity index (χ3n) is 3.65. The first kappa shape index (κ1) is 19.0. The zero-order chi connectivity index (χ0) is 18.4. The maximum atomic E-state index is 14.1. The number of ether oxygens (including phenoxy) is 1. The lowest BCUT2D eigenvalue weighted by Crippen LogP contribution is -2.37. The summed E-state index contributed by atoms with van der Waals surface area (Å²) in [5.41, 5.74) is 0.950. The van der Waals surface area contributed by atoms with Crippen LogP contribution in [0.4, 0.5) is 10.1 Å². The minimum absolute atomic E-state index is 0.121. The van der Waals surface area contributed by atoms with E-state index in [0.29, 0.717) is 4.47 Å². The second kappa shape index (κ2) is 8.68. The maximum Gasteiger partial charge on any atom is 0.330 e. The molecule has 2 atom stereocenters. The van der Waals surface area contributed by atoms with Gasteiger partial charge in [0, 0.05) is 10.0 Å². The van der Waals surface area contributed by atoms with E-state index in [-0.39, 0.29) is 11.6 Å². The number of nitrogens with one attached hydrogen (secondary N) is 1. The summed E-state index contributed by atoms with van der Waals surface area (Å²) in [5.74, 6) is 1.38. The van der Waals surface area contributed by atoms with Gasteiger partial charge < -0.3 is 10.1 Å². The third-order valence-corrected chi connectivity index (χ3v) is 4.14. The van der Waals surface area contributed by atoms with Crippen LogP contribution in [0, 0.1) is 24.1 Å². The number of benzene rings is 2. The molecular weight excluding hydrogens is 385 g/mol. The average Bonchev–Trinajstić information content (AvgIpc) is 2.59. The van der Waals surface area contributed by atoms with Gasteiger partial charge in [-0.25, -0.2) is 9.18 Å². The third kappa shape index (κ3) is 5.07. The largest absolute Gasteiger partial charge is 0.443 e. The Morgan fingerprint density at radius 3 is 2.48 bits per heavy atom. The Balaban J connectivity index is 2.16. The van der Waals surface area contributed by atoms with Crippen molar-refractivity contribution in [3.63, 3.8) is 0 Å². The quantitative estimate of drug-likeness (QED) is 0.548. The van der Waals surface area contributed by atoms with Gasteiger partial charge in [0.25, 0.3) is 0 Å². The molecule has 0 fully saturated rings. The molecule has 2 aromatic rings. The smallest absolute Gasteiger partial charge is 0.330 e. The molecule has 2 unspecified atom stereocenters. The number of terminal acetylenes is 1. The summed E-state index contributed by atoms with van der Waals surface area (Å²) in [6.45, 7) is 3.70. The molecule has 1 N–H and O–H groups in total. The number of hydrogen-bond donors (Lipinski definition) is 1. The molecule has 0 aromatic heterocycles. The van der Waals surface area contributed by atoms with Gasteiger partial charge in [0.05, 0.1) is 5.69 Å². The number of esters is 1. The number of carbonyl (C=O) groups excluding carboxylic acids is 1. The fourth-order valence-electron chi connectivity index (χ4n) is 2.29. The summed E-state index contributed by atoms with van der Waals surface area (Å²) in [6.07, 6.45) is 4.72. The van der Waals surface area contributed by atoms with E-state index in [4.69, 9.17) is 11.2 Å². The molecule has 0 saturated carbocycles. The highest BCUT2D eigenvalue weighted by atomic mass is 79.9. The van der Waals surface area contributed by atoms with Crippen LogP contribution in [-0.2, 0) is 9.53 Å². The van der Waals surface area contributed by atoms with Crippen LogP contribution in [0.1, 0.15) is 25.5 Å². The SMILES string of the molecule is C#CC(OC(=O)C(Nc1ccc(Br)cc1F)C(C)C)c1ccccc1. The molecule has 0 saturated heterocycles. The molecule has 5 heteroatoms. The van der Waals surface area contributed by atoms with Crippen LogP contribution in [0.15, 0.2) is 53.0 Å². The lowest BCUT2D eigenvalue weighted by Gasteiger charge is -2.24. The van der Waals surface area contributed by atoms with Crippen molar-refractivity contribution in [3.8, 4) is 12.3 Å². The van der Waals surface area contributed by atoms with Crippen LogP contribution < -0.4 is 5.32 Å². The highest BCUT2D eigenvalue weighted by Crippen LogP contribution is 2.23. The predicted octanol–water partition coefficient (Wildman–Crippen LogP) is 4.94. The first-order valence-electron chi connectivity index (χ1n) is 7.85. The van der Waals surface area contributed by atoms with Gasteiger partial charge in [-0.1, -0.05) is 66.0 Å².